The molecular weight excluding hydrogens is 248 g/mol. The zero-order chi connectivity index (χ0) is 13.0. The molecule has 0 fully saturated rings. The van der Waals surface area contributed by atoms with Crippen LogP contribution in [0.2, 0.25) is 5.02 Å². The van der Waals surface area contributed by atoms with E-state index in [1.54, 1.807) is 11.0 Å². The zero-order valence-corrected chi connectivity index (χ0v) is 11.4. The van der Waals surface area contributed by atoms with Gasteiger partial charge in [-0.05, 0) is 18.1 Å². The molecule has 0 bridgehead atoms. The molecular formula is C13H17ClN4. The molecule has 2 aromatic rings. The van der Waals surface area contributed by atoms with Crippen LogP contribution in [0.1, 0.15) is 20.3 Å². The standard InChI is InChI=1S/C13H17ClN4/c1-3-10(2)7-16-12-6-4-5-11(14)13(12)18-9-15-8-17-18/h4-6,8-10,16H,3,7H2,1-2H3. The van der Waals surface area contributed by atoms with Gasteiger partial charge in [0.2, 0.25) is 0 Å². The number of hydrogen-bond donors (Lipinski definition) is 1. The van der Waals surface area contributed by atoms with Crippen molar-refractivity contribution in [2.75, 3.05) is 11.9 Å². The van der Waals surface area contributed by atoms with Crippen molar-refractivity contribution < 1.29 is 0 Å². The molecule has 0 saturated heterocycles. The molecule has 0 spiro atoms. The van der Waals surface area contributed by atoms with Crippen molar-refractivity contribution in [3.05, 3.63) is 35.9 Å². The van der Waals surface area contributed by atoms with Gasteiger partial charge in [0.25, 0.3) is 0 Å². The smallest absolute Gasteiger partial charge is 0.138 e. The van der Waals surface area contributed by atoms with Crippen LogP contribution in [-0.4, -0.2) is 21.3 Å². The van der Waals surface area contributed by atoms with Crippen molar-refractivity contribution in [2.24, 2.45) is 5.92 Å². The van der Waals surface area contributed by atoms with Crippen LogP contribution in [0.5, 0.6) is 0 Å². The summed E-state index contributed by atoms with van der Waals surface area (Å²) in [6.07, 6.45) is 4.30. The second-order valence-corrected chi connectivity index (χ2v) is 4.78. The summed E-state index contributed by atoms with van der Waals surface area (Å²) in [6.45, 7) is 5.31. The van der Waals surface area contributed by atoms with E-state index in [1.165, 1.54) is 6.33 Å². The molecule has 1 unspecified atom stereocenters. The first-order valence-electron chi connectivity index (χ1n) is 6.09. The van der Waals surface area contributed by atoms with Gasteiger partial charge in [-0.15, -0.1) is 0 Å². The van der Waals surface area contributed by atoms with Gasteiger partial charge in [0.15, 0.2) is 0 Å². The summed E-state index contributed by atoms with van der Waals surface area (Å²) in [5.74, 6) is 0.618. The lowest BCUT2D eigenvalue weighted by Gasteiger charge is -2.15. The number of anilines is 1. The fourth-order valence-electron chi connectivity index (χ4n) is 1.64. The van der Waals surface area contributed by atoms with Crippen molar-refractivity contribution in [1.82, 2.24) is 14.8 Å². The largest absolute Gasteiger partial charge is 0.383 e. The Morgan fingerprint density at radius 2 is 2.28 bits per heavy atom. The molecule has 2 rings (SSSR count). The van der Waals surface area contributed by atoms with Crippen molar-refractivity contribution in [1.29, 1.82) is 0 Å². The summed E-state index contributed by atoms with van der Waals surface area (Å²) >= 11 is 6.24. The summed E-state index contributed by atoms with van der Waals surface area (Å²) in [6, 6.07) is 5.79. The second-order valence-electron chi connectivity index (χ2n) is 4.37. The number of nitrogens with one attached hydrogen (secondary N) is 1. The lowest BCUT2D eigenvalue weighted by molar-refractivity contribution is 0.593. The average Bonchev–Trinajstić information content (AvgIpc) is 2.89. The predicted octanol–water partition coefficient (Wildman–Crippen LogP) is 3.38. The molecule has 96 valence electrons. The van der Waals surface area contributed by atoms with E-state index in [2.05, 4.69) is 29.2 Å². The molecule has 18 heavy (non-hydrogen) atoms. The Balaban J connectivity index is 2.27. The third kappa shape index (κ3) is 2.82. The van der Waals surface area contributed by atoms with Gasteiger partial charge in [0.05, 0.1) is 10.7 Å². The molecule has 1 heterocycles. The summed E-state index contributed by atoms with van der Waals surface area (Å²) in [4.78, 5) is 3.96. The lowest BCUT2D eigenvalue weighted by Crippen LogP contribution is -2.12. The van der Waals surface area contributed by atoms with E-state index in [-0.39, 0.29) is 0 Å². The molecule has 1 aromatic carbocycles. The fourth-order valence-corrected chi connectivity index (χ4v) is 1.90. The van der Waals surface area contributed by atoms with Gasteiger partial charge < -0.3 is 5.32 Å². The Bertz CT molecular complexity index is 496. The molecule has 5 heteroatoms. The number of nitrogens with zero attached hydrogens (tertiary/aromatic N) is 3. The first-order chi connectivity index (χ1) is 8.72. The van der Waals surface area contributed by atoms with Crippen LogP contribution in [0.4, 0.5) is 5.69 Å². The van der Waals surface area contributed by atoms with Crippen molar-refractivity contribution in [3.8, 4) is 5.69 Å². The van der Waals surface area contributed by atoms with E-state index in [1.807, 2.05) is 18.2 Å². The maximum absolute atomic E-state index is 6.24. The molecule has 0 aliphatic rings. The summed E-state index contributed by atoms with van der Waals surface area (Å²) in [7, 11) is 0. The molecule has 0 radical (unpaired) electrons. The van der Waals surface area contributed by atoms with E-state index in [9.17, 15) is 0 Å². The van der Waals surface area contributed by atoms with E-state index in [0.29, 0.717) is 10.9 Å². The highest BCUT2D eigenvalue weighted by Crippen LogP contribution is 2.27. The lowest BCUT2D eigenvalue weighted by atomic mass is 10.1. The first-order valence-corrected chi connectivity index (χ1v) is 6.47. The van der Waals surface area contributed by atoms with Gasteiger partial charge in [-0.2, -0.15) is 5.10 Å². The third-order valence-corrected chi connectivity index (χ3v) is 3.28. The van der Waals surface area contributed by atoms with E-state index in [4.69, 9.17) is 11.6 Å². The van der Waals surface area contributed by atoms with Gasteiger partial charge in [-0.1, -0.05) is 37.9 Å². The fraction of sp³-hybridized carbons (Fsp3) is 0.385. The number of benzene rings is 1. The summed E-state index contributed by atoms with van der Waals surface area (Å²) < 4.78 is 1.68. The Kier molecular flexibility index (Phi) is 4.20. The topological polar surface area (TPSA) is 42.7 Å². The van der Waals surface area contributed by atoms with Crippen molar-refractivity contribution >= 4 is 17.3 Å². The van der Waals surface area contributed by atoms with Gasteiger partial charge in [0, 0.05) is 6.54 Å². The van der Waals surface area contributed by atoms with Crippen LogP contribution >= 0.6 is 11.6 Å². The van der Waals surface area contributed by atoms with Gasteiger partial charge in [-0.25, -0.2) is 9.67 Å². The summed E-state index contributed by atoms with van der Waals surface area (Å²) in [5, 5.41) is 8.22. The highest BCUT2D eigenvalue weighted by Gasteiger charge is 2.10. The number of aromatic nitrogens is 3. The van der Waals surface area contributed by atoms with Gasteiger partial charge in [0.1, 0.15) is 18.3 Å². The van der Waals surface area contributed by atoms with Crippen molar-refractivity contribution in [3.63, 3.8) is 0 Å². The monoisotopic (exact) mass is 264 g/mol. The summed E-state index contributed by atoms with van der Waals surface area (Å²) in [5.41, 5.74) is 1.83. The van der Waals surface area contributed by atoms with Crippen LogP contribution in [-0.2, 0) is 0 Å². The Hall–Kier alpha value is -1.55. The van der Waals surface area contributed by atoms with Gasteiger partial charge >= 0.3 is 0 Å². The Labute approximate surface area is 112 Å². The Morgan fingerprint density at radius 3 is 2.94 bits per heavy atom. The van der Waals surface area contributed by atoms with E-state index < -0.39 is 0 Å². The number of hydrogen-bond acceptors (Lipinski definition) is 3. The molecule has 0 aliphatic heterocycles. The highest BCUT2D eigenvalue weighted by molar-refractivity contribution is 6.33. The van der Waals surface area contributed by atoms with Crippen LogP contribution in [0.15, 0.2) is 30.9 Å². The van der Waals surface area contributed by atoms with Crippen LogP contribution < -0.4 is 5.32 Å². The number of para-hydroxylation sites is 1. The highest BCUT2D eigenvalue weighted by atomic mass is 35.5. The zero-order valence-electron chi connectivity index (χ0n) is 10.6. The minimum atomic E-state index is 0.618. The van der Waals surface area contributed by atoms with Crippen molar-refractivity contribution in [2.45, 2.75) is 20.3 Å². The minimum Gasteiger partial charge on any atom is -0.383 e. The molecule has 1 atom stereocenters. The second kappa shape index (κ2) is 5.87. The quantitative estimate of drug-likeness (QED) is 0.900. The van der Waals surface area contributed by atoms with E-state index >= 15 is 0 Å². The SMILES string of the molecule is CCC(C)CNc1cccc(Cl)c1-n1cncn1. The molecule has 0 saturated carbocycles. The first kappa shape index (κ1) is 12.9. The number of rotatable bonds is 5. The molecule has 1 aromatic heterocycles. The average molecular weight is 265 g/mol. The van der Waals surface area contributed by atoms with Crippen LogP contribution in [0.3, 0.4) is 0 Å². The van der Waals surface area contributed by atoms with Crippen LogP contribution in [0, 0.1) is 5.92 Å². The van der Waals surface area contributed by atoms with Crippen LogP contribution in [0.25, 0.3) is 5.69 Å². The maximum Gasteiger partial charge on any atom is 0.138 e. The minimum absolute atomic E-state index is 0.618. The third-order valence-electron chi connectivity index (χ3n) is 2.97. The Morgan fingerprint density at radius 1 is 1.44 bits per heavy atom. The maximum atomic E-state index is 6.24. The predicted molar refractivity (Wildman–Crippen MR) is 74.3 cm³/mol. The molecule has 4 nitrogen and oxygen atoms in total. The van der Waals surface area contributed by atoms with E-state index in [0.717, 1.165) is 24.3 Å². The van der Waals surface area contributed by atoms with Gasteiger partial charge in [-0.3, -0.25) is 0 Å². The molecule has 0 aliphatic carbocycles. The number of halogens is 1. The molecule has 1 N–H and O–H groups in total. The molecule has 0 amide bonds. The normalized spacial score (nSPS) is 12.4.